The van der Waals surface area contributed by atoms with Crippen LogP contribution in [-0.4, -0.2) is 61.7 Å². The minimum atomic E-state index is 0.446. The van der Waals surface area contributed by atoms with Gasteiger partial charge in [0, 0.05) is 18.1 Å². The van der Waals surface area contributed by atoms with Crippen molar-refractivity contribution in [3.8, 4) is 0 Å². The van der Waals surface area contributed by atoms with E-state index in [0.717, 1.165) is 6.04 Å². The number of likely N-dealkylation sites (tertiary alicyclic amines) is 1. The third kappa shape index (κ3) is 3.25. The van der Waals surface area contributed by atoms with Gasteiger partial charge in [0.2, 0.25) is 0 Å². The summed E-state index contributed by atoms with van der Waals surface area (Å²) < 4.78 is 0. The van der Waals surface area contributed by atoms with E-state index in [9.17, 15) is 0 Å². The minimum absolute atomic E-state index is 0.446. The molecule has 3 nitrogen and oxygen atoms in total. The lowest BCUT2D eigenvalue weighted by Crippen LogP contribution is -2.53. The van der Waals surface area contributed by atoms with Crippen molar-refractivity contribution in [3.63, 3.8) is 0 Å². The van der Waals surface area contributed by atoms with Gasteiger partial charge >= 0.3 is 0 Å². The fourth-order valence-electron chi connectivity index (χ4n) is 3.60. The molecule has 0 unspecified atom stereocenters. The number of nitrogens with zero attached hydrogens (tertiary/aromatic N) is 2. The molecule has 1 heterocycles. The molecule has 0 amide bonds. The Morgan fingerprint density at radius 3 is 2.28 bits per heavy atom. The molecule has 0 aromatic heterocycles. The van der Waals surface area contributed by atoms with Crippen molar-refractivity contribution in [1.29, 1.82) is 0 Å². The van der Waals surface area contributed by atoms with Crippen molar-refractivity contribution >= 4 is 0 Å². The van der Waals surface area contributed by atoms with Crippen LogP contribution in [0.2, 0.25) is 0 Å². The van der Waals surface area contributed by atoms with Gasteiger partial charge in [-0.1, -0.05) is 19.8 Å². The quantitative estimate of drug-likeness (QED) is 0.808. The molecule has 1 aliphatic heterocycles. The first kappa shape index (κ1) is 14.3. The molecule has 0 atom stereocenters. The largest absolute Gasteiger partial charge is 0.312 e. The van der Waals surface area contributed by atoms with E-state index in [1.807, 2.05) is 0 Å². The zero-order chi connectivity index (χ0) is 13.0. The van der Waals surface area contributed by atoms with Crippen molar-refractivity contribution < 1.29 is 0 Å². The highest BCUT2D eigenvalue weighted by Crippen LogP contribution is 2.33. The average Bonchev–Trinajstić information content (AvgIpc) is 2.87. The van der Waals surface area contributed by atoms with Crippen molar-refractivity contribution in [2.75, 3.05) is 40.3 Å². The van der Waals surface area contributed by atoms with Gasteiger partial charge in [-0.05, 0) is 59.4 Å². The van der Waals surface area contributed by atoms with E-state index in [1.54, 1.807) is 0 Å². The van der Waals surface area contributed by atoms with E-state index in [2.05, 4.69) is 36.1 Å². The predicted molar refractivity (Wildman–Crippen MR) is 78.0 cm³/mol. The van der Waals surface area contributed by atoms with Crippen LogP contribution in [-0.2, 0) is 0 Å². The Morgan fingerprint density at radius 2 is 1.78 bits per heavy atom. The van der Waals surface area contributed by atoms with Gasteiger partial charge in [0.1, 0.15) is 0 Å². The van der Waals surface area contributed by atoms with E-state index in [1.165, 1.54) is 64.7 Å². The number of likely N-dealkylation sites (N-methyl/N-ethyl adjacent to an activating group) is 1. The van der Waals surface area contributed by atoms with Gasteiger partial charge < -0.3 is 15.1 Å². The van der Waals surface area contributed by atoms with E-state index < -0.39 is 0 Å². The highest BCUT2D eigenvalue weighted by Gasteiger charge is 2.36. The molecular formula is C15H31N3. The van der Waals surface area contributed by atoms with Crippen LogP contribution < -0.4 is 5.32 Å². The molecule has 0 radical (unpaired) electrons. The molecule has 1 aliphatic carbocycles. The number of piperidine rings is 1. The Hall–Kier alpha value is -0.120. The summed E-state index contributed by atoms with van der Waals surface area (Å²) in [7, 11) is 4.51. The number of nitrogens with one attached hydrogen (secondary N) is 1. The van der Waals surface area contributed by atoms with Gasteiger partial charge in [0.25, 0.3) is 0 Å². The van der Waals surface area contributed by atoms with Crippen molar-refractivity contribution in [1.82, 2.24) is 15.1 Å². The zero-order valence-corrected chi connectivity index (χ0v) is 12.5. The predicted octanol–water partition coefficient (Wildman–Crippen LogP) is 1.93. The summed E-state index contributed by atoms with van der Waals surface area (Å²) >= 11 is 0. The van der Waals surface area contributed by atoms with E-state index >= 15 is 0 Å². The molecule has 2 fully saturated rings. The van der Waals surface area contributed by atoms with Crippen LogP contribution in [0.25, 0.3) is 0 Å². The summed E-state index contributed by atoms with van der Waals surface area (Å²) in [6.07, 6.45) is 8.23. The second-order valence-corrected chi connectivity index (χ2v) is 6.42. The van der Waals surface area contributed by atoms with Crippen LogP contribution in [0.1, 0.15) is 45.4 Å². The molecule has 0 aromatic rings. The highest BCUT2D eigenvalue weighted by atomic mass is 15.2. The van der Waals surface area contributed by atoms with E-state index in [-0.39, 0.29) is 0 Å². The summed E-state index contributed by atoms with van der Waals surface area (Å²) in [6.45, 7) is 7.24. The molecular weight excluding hydrogens is 222 g/mol. The van der Waals surface area contributed by atoms with Crippen molar-refractivity contribution in [3.05, 3.63) is 0 Å². The SMILES string of the molecule is CCN1CCC(NCC2(N(C)C)CCCC2)CC1. The van der Waals surface area contributed by atoms with E-state index in [4.69, 9.17) is 0 Å². The van der Waals surface area contributed by atoms with Crippen LogP contribution in [0.5, 0.6) is 0 Å². The number of hydrogen-bond donors (Lipinski definition) is 1. The average molecular weight is 253 g/mol. The fourth-order valence-corrected chi connectivity index (χ4v) is 3.60. The first-order valence-corrected chi connectivity index (χ1v) is 7.79. The number of rotatable bonds is 5. The Balaban J connectivity index is 1.77. The maximum absolute atomic E-state index is 3.86. The molecule has 0 spiro atoms. The highest BCUT2D eigenvalue weighted by molar-refractivity contribution is 4.95. The Kier molecular flexibility index (Phi) is 5.05. The van der Waals surface area contributed by atoms with Crippen LogP contribution in [0.15, 0.2) is 0 Å². The van der Waals surface area contributed by atoms with Gasteiger partial charge in [-0.25, -0.2) is 0 Å². The Labute approximate surface area is 113 Å². The summed E-state index contributed by atoms with van der Waals surface area (Å²) in [5.41, 5.74) is 0.446. The zero-order valence-electron chi connectivity index (χ0n) is 12.5. The minimum Gasteiger partial charge on any atom is -0.312 e. The van der Waals surface area contributed by atoms with Crippen LogP contribution in [0.3, 0.4) is 0 Å². The van der Waals surface area contributed by atoms with Gasteiger partial charge in [0.15, 0.2) is 0 Å². The second kappa shape index (κ2) is 6.36. The summed E-state index contributed by atoms with van der Waals surface area (Å²) in [5.74, 6) is 0. The molecule has 1 N–H and O–H groups in total. The standard InChI is InChI=1S/C15H31N3/c1-4-18-11-7-14(8-12-18)16-13-15(17(2)3)9-5-6-10-15/h14,16H,4-13H2,1-3H3. The van der Waals surface area contributed by atoms with Gasteiger partial charge in [-0.2, -0.15) is 0 Å². The molecule has 0 bridgehead atoms. The van der Waals surface area contributed by atoms with Crippen molar-refractivity contribution in [2.24, 2.45) is 0 Å². The molecule has 1 saturated heterocycles. The first-order valence-electron chi connectivity index (χ1n) is 7.79. The molecule has 0 aromatic carbocycles. The summed E-state index contributed by atoms with van der Waals surface area (Å²) in [5, 5.41) is 3.86. The maximum Gasteiger partial charge on any atom is 0.0327 e. The lowest BCUT2D eigenvalue weighted by atomic mass is 9.94. The van der Waals surface area contributed by atoms with Gasteiger partial charge in [0.05, 0.1) is 0 Å². The molecule has 18 heavy (non-hydrogen) atoms. The van der Waals surface area contributed by atoms with E-state index in [0.29, 0.717) is 5.54 Å². The topological polar surface area (TPSA) is 18.5 Å². The van der Waals surface area contributed by atoms with Crippen LogP contribution in [0.4, 0.5) is 0 Å². The fraction of sp³-hybridized carbons (Fsp3) is 1.00. The van der Waals surface area contributed by atoms with Gasteiger partial charge in [-0.3, -0.25) is 0 Å². The van der Waals surface area contributed by atoms with Crippen LogP contribution in [0, 0.1) is 0 Å². The maximum atomic E-state index is 3.86. The molecule has 2 rings (SSSR count). The lowest BCUT2D eigenvalue weighted by Gasteiger charge is -2.39. The number of hydrogen-bond acceptors (Lipinski definition) is 3. The smallest absolute Gasteiger partial charge is 0.0327 e. The second-order valence-electron chi connectivity index (χ2n) is 6.42. The lowest BCUT2D eigenvalue weighted by molar-refractivity contribution is 0.136. The Bertz CT molecular complexity index is 238. The van der Waals surface area contributed by atoms with Crippen LogP contribution >= 0.6 is 0 Å². The molecule has 2 aliphatic rings. The Morgan fingerprint density at radius 1 is 1.17 bits per heavy atom. The van der Waals surface area contributed by atoms with Gasteiger partial charge in [-0.15, -0.1) is 0 Å². The normalized spacial score (nSPS) is 26.0. The first-order chi connectivity index (χ1) is 8.66. The third-order valence-electron chi connectivity index (χ3n) is 5.24. The monoisotopic (exact) mass is 253 g/mol. The summed E-state index contributed by atoms with van der Waals surface area (Å²) in [6, 6.07) is 0.755. The molecule has 106 valence electrons. The third-order valence-corrected chi connectivity index (χ3v) is 5.24. The van der Waals surface area contributed by atoms with Crippen molar-refractivity contribution in [2.45, 2.75) is 57.0 Å². The molecule has 1 saturated carbocycles. The molecule has 3 heteroatoms. The summed E-state index contributed by atoms with van der Waals surface area (Å²) in [4.78, 5) is 5.03.